The topological polar surface area (TPSA) is 92.1 Å². The molecule has 3 aromatic rings. The Hall–Kier alpha value is -4.01. The van der Waals surface area contributed by atoms with Gasteiger partial charge in [0.2, 0.25) is 6.10 Å². The normalized spacial score (nSPS) is 16.3. The fraction of sp³-hybridized carbons (Fsp3) is 0.370. The molecule has 1 aromatic heterocycles. The molecule has 1 amide bonds. The average Bonchev–Trinajstić information content (AvgIpc) is 3.29. The molecule has 2 aromatic carbocycles. The number of esters is 1. The van der Waals surface area contributed by atoms with Gasteiger partial charge in [-0.15, -0.1) is 0 Å². The highest BCUT2D eigenvalue weighted by Gasteiger charge is 2.36. The summed E-state index contributed by atoms with van der Waals surface area (Å²) in [7, 11) is 1.64. The van der Waals surface area contributed by atoms with Crippen molar-refractivity contribution in [2.45, 2.75) is 39.0 Å². The molecule has 0 saturated heterocycles. The minimum Gasteiger partial charge on any atom is -0.497 e. The van der Waals surface area contributed by atoms with E-state index in [0.717, 1.165) is 29.0 Å². The van der Waals surface area contributed by atoms with Crippen LogP contribution in [0.25, 0.3) is 0 Å². The molecule has 9 heteroatoms. The molecule has 5 rings (SSSR count). The van der Waals surface area contributed by atoms with Gasteiger partial charge in [-0.25, -0.2) is 4.79 Å². The van der Waals surface area contributed by atoms with E-state index in [0.29, 0.717) is 31.0 Å². The number of para-hydroxylation sites is 2. The quantitative estimate of drug-likeness (QED) is 0.469. The van der Waals surface area contributed by atoms with Gasteiger partial charge in [0.15, 0.2) is 17.2 Å². The molecule has 0 N–H and O–H groups in total. The van der Waals surface area contributed by atoms with Crippen LogP contribution in [-0.2, 0) is 35.5 Å². The van der Waals surface area contributed by atoms with Crippen molar-refractivity contribution >= 4 is 11.9 Å². The summed E-state index contributed by atoms with van der Waals surface area (Å²) in [5.74, 6) is 1.34. The molecule has 3 heterocycles. The van der Waals surface area contributed by atoms with Gasteiger partial charge in [0, 0.05) is 30.8 Å². The standard InChI is InChI=1S/C27H29N3O6/c1-3-34-27(32)25-20-16-29(26(31)24-17-35-22-6-4-5-7-23(22)36-24)14-13-21(20)30(28-25)15-12-18-8-10-19(33-2)11-9-18/h4-11,24H,3,12-17H2,1-2H3. The molecule has 2 aliphatic heterocycles. The predicted octanol–water partition coefficient (Wildman–Crippen LogP) is 3.04. The van der Waals surface area contributed by atoms with E-state index in [1.54, 1.807) is 25.0 Å². The first kappa shape index (κ1) is 23.7. The van der Waals surface area contributed by atoms with Crippen molar-refractivity contribution in [2.24, 2.45) is 0 Å². The maximum absolute atomic E-state index is 13.3. The first-order valence-corrected chi connectivity index (χ1v) is 12.1. The number of hydrogen-bond acceptors (Lipinski definition) is 7. The van der Waals surface area contributed by atoms with Crippen molar-refractivity contribution in [2.75, 3.05) is 26.9 Å². The van der Waals surface area contributed by atoms with Gasteiger partial charge in [-0.05, 0) is 43.2 Å². The van der Waals surface area contributed by atoms with Crippen molar-refractivity contribution in [3.63, 3.8) is 0 Å². The molecule has 0 saturated carbocycles. The molecule has 0 aliphatic carbocycles. The van der Waals surface area contributed by atoms with Crippen LogP contribution in [0.2, 0.25) is 0 Å². The summed E-state index contributed by atoms with van der Waals surface area (Å²) >= 11 is 0. The number of rotatable bonds is 7. The minimum atomic E-state index is -0.738. The number of carbonyl (C=O) groups excluding carboxylic acids is 2. The highest BCUT2D eigenvalue weighted by molar-refractivity contribution is 5.90. The molecule has 0 fully saturated rings. The third kappa shape index (κ3) is 4.73. The summed E-state index contributed by atoms with van der Waals surface area (Å²) in [6.45, 7) is 3.54. The number of amides is 1. The van der Waals surface area contributed by atoms with Crippen molar-refractivity contribution < 1.29 is 28.5 Å². The van der Waals surface area contributed by atoms with Gasteiger partial charge in [0.1, 0.15) is 12.4 Å². The molecule has 0 bridgehead atoms. The Labute approximate surface area is 209 Å². The Bertz CT molecular complexity index is 1250. The highest BCUT2D eigenvalue weighted by atomic mass is 16.6. The molecule has 0 spiro atoms. The molecule has 188 valence electrons. The summed E-state index contributed by atoms with van der Waals surface area (Å²) in [6.07, 6.45) is 0.591. The van der Waals surface area contributed by atoms with Gasteiger partial charge in [0.25, 0.3) is 5.91 Å². The van der Waals surface area contributed by atoms with Crippen molar-refractivity contribution in [1.82, 2.24) is 14.7 Å². The monoisotopic (exact) mass is 491 g/mol. The summed E-state index contributed by atoms with van der Waals surface area (Å²) in [6, 6.07) is 15.2. The molecule has 1 atom stereocenters. The number of aryl methyl sites for hydroxylation is 2. The number of ether oxygens (including phenoxy) is 4. The van der Waals surface area contributed by atoms with Crippen LogP contribution < -0.4 is 14.2 Å². The highest BCUT2D eigenvalue weighted by Crippen LogP contribution is 2.32. The lowest BCUT2D eigenvalue weighted by Gasteiger charge is -2.33. The lowest BCUT2D eigenvalue weighted by molar-refractivity contribution is -0.142. The molecular formula is C27H29N3O6. The molecule has 9 nitrogen and oxygen atoms in total. The van der Waals surface area contributed by atoms with Crippen LogP contribution in [-0.4, -0.2) is 59.5 Å². The van der Waals surface area contributed by atoms with E-state index >= 15 is 0 Å². The van der Waals surface area contributed by atoms with E-state index in [2.05, 4.69) is 5.10 Å². The van der Waals surface area contributed by atoms with Gasteiger partial charge < -0.3 is 23.8 Å². The number of aromatic nitrogens is 2. The van der Waals surface area contributed by atoms with Gasteiger partial charge >= 0.3 is 5.97 Å². The minimum absolute atomic E-state index is 0.144. The lowest BCUT2D eigenvalue weighted by Crippen LogP contribution is -2.48. The Balaban J connectivity index is 1.34. The van der Waals surface area contributed by atoms with E-state index in [1.807, 2.05) is 47.1 Å². The van der Waals surface area contributed by atoms with Crippen LogP contribution in [0.4, 0.5) is 0 Å². The molecule has 36 heavy (non-hydrogen) atoms. The van der Waals surface area contributed by atoms with Gasteiger partial charge in [0.05, 0.1) is 20.3 Å². The van der Waals surface area contributed by atoms with Gasteiger partial charge in [-0.1, -0.05) is 24.3 Å². The summed E-state index contributed by atoms with van der Waals surface area (Å²) in [5.41, 5.74) is 3.10. The first-order valence-electron chi connectivity index (χ1n) is 12.1. The third-order valence-electron chi connectivity index (χ3n) is 6.47. The molecule has 0 radical (unpaired) electrons. The number of methoxy groups -OCH3 is 1. The molecular weight excluding hydrogens is 462 g/mol. The zero-order valence-electron chi connectivity index (χ0n) is 20.4. The van der Waals surface area contributed by atoms with E-state index in [4.69, 9.17) is 18.9 Å². The largest absolute Gasteiger partial charge is 0.497 e. The van der Waals surface area contributed by atoms with Gasteiger partial charge in [-0.3, -0.25) is 9.48 Å². The second kappa shape index (κ2) is 10.3. The van der Waals surface area contributed by atoms with Crippen LogP contribution in [0.15, 0.2) is 48.5 Å². The van der Waals surface area contributed by atoms with Crippen LogP contribution >= 0.6 is 0 Å². The van der Waals surface area contributed by atoms with Crippen LogP contribution in [0.5, 0.6) is 17.2 Å². The lowest BCUT2D eigenvalue weighted by atomic mass is 10.0. The van der Waals surface area contributed by atoms with Crippen LogP contribution in [0.1, 0.15) is 34.2 Å². The summed E-state index contributed by atoms with van der Waals surface area (Å²) in [5, 5.41) is 4.62. The zero-order chi connectivity index (χ0) is 25.1. The average molecular weight is 492 g/mol. The SMILES string of the molecule is CCOC(=O)c1nn(CCc2ccc(OC)cc2)c2c1CN(C(=O)C1COc3ccccc3O1)CC2. The first-order chi connectivity index (χ1) is 17.6. The van der Waals surface area contributed by atoms with Crippen LogP contribution in [0.3, 0.4) is 0 Å². The maximum Gasteiger partial charge on any atom is 0.359 e. The van der Waals surface area contributed by atoms with Crippen molar-refractivity contribution in [3.8, 4) is 17.2 Å². The molecule has 1 unspecified atom stereocenters. The van der Waals surface area contributed by atoms with E-state index in [1.165, 1.54) is 0 Å². The fourth-order valence-electron chi connectivity index (χ4n) is 4.60. The van der Waals surface area contributed by atoms with Crippen LogP contribution in [0, 0.1) is 0 Å². The number of carbonyl (C=O) groups is 2. The number of benzene rings is 2. The second-order valence-corrected chi connectivity index (χ2v) is 8.69. The maximum atomic E-state index is 13.3. The number of hydrogen-bond donors (Lipinski definition) is 0. The predicted molar refractivity (Wildman–Crippen MR) is 130 cm³/mol. The molecule has 2 aliphatic rings. The van der Waals surface area contributed by atoms with E-state index in [9.17, 15) is 9.59 Å². The Morgan fingerprint density at radius 2 is 1.89 bits per heavy atom. The zero-order valence-corrected chi connectivity index (χ0v) is 20.4. The number of fused-ring (bicyclic) bond motifs is 2. The third-order valence-corrected chi connectivity index (χ3v) is 6.47. The van der Waals surface area contributed by atoms with E-state index < -0.39 is 12.1 Å². The Morgan fingerprint density at radius 1 is 1.11 bits per heavy atom. The van der Waals surface area contributed by atoms with Gasteiger partial charge in [-0.2, -0.15) is 5.10 Å². The van der Waals surface area contributed by atoms with E-state index in [-0.39, 0.29) is 31.4 Å². The van der Waals surface area contributed by atoms with Crippen molar-refractivity contribution in [3.05, 3.63) is 71.0 Å². The summed E-state index contributed by atoms with van der Waals surface area (Å²) < 4.78 is 24.0. The second-order valence-electron chi connectivity index (χ2n) is 8.69. The Morgan fingerprint density at radius 3 is 2.64 bits per heavy atom. The smallest absolute Gasteiger partial charge is 0.359 e. The van der Waals surface area contributed by atoms with Crippen molar-refractivity contribution in [1.29, 1.82) is 0 Å². The Kier molecular flexibility index (Phi) is 6.79. The summed E-state index contributed by atoms with van der Waals surface area (Å²) in [4.78, 5) is 27.8. The fourth-order valence-corrected chi connectivity index (χ4v) is 4.60. The number of nitrogens with zero attached hydrogens (tertiary/aromatic N) is 3.